The zero-order chi connectivity index (χ0) is 16.9. The number of likely N-dealkylation sites (tertiary alicyclic amines) is 1. The molecule has 2 aliphatic heterocycles. The van der Waals surface area contributed by atoms with E-state index in [1.165, 1.54) is 0 Å². The van der Waals surface area contributed by atoms with Crippen LogP contribution < -0.4 is 15.4 Å². The summed E-state index contributed by atoms with van der Waals surface area (Å²) in [7, 11) is 1.60. The molecule has 2 N–H and O–H groups in total. The minimum absolute atomic E-state index is 0.0908. The molecule has 2 heterocycles. The highest BCUT2D eigenvalue weighted by molar-refractivity contribution is 5.94. The van der Waals surface area contributed by atoms with E-state index in [1.807, 2.05) is 4.90 Å². The van der Waals surface area contributed by atoms with Crippen LogP contribution in [0.1, 0.15) is 29.6 Å². The number of nitrogens with zero attached hydrogens (tertiary/aromatic N) is 1. The van der Waals surface area contributed by atoms with Crippen molar-refractivity contribution >= 4 is 11.8 Å². The standard InChI is InChI=1S/C18H25N3O3/c1-24-15-6-4-14(5-7-15)17(22)20-12-13-10-16(19-11-13)18(23)21-8-2-3-9-21/h4-7,13,16,19H,2-3,8-12H2,1H3,(H,20,22)/t13?,16-/m0/s1. The van der Waals surface area contributed by atoms with Crippen LogP contribution in [0.5, 0.6) is 5.75 Å². The van der Waals surface area contributed by atoms with Crippen LogP contribution in [-0.2, 0) is 4.79 Å². The number of methoxy groups -OCH3 is 1. The predicted octanol–water partition coefficient (Wildman–Crippen LogP) is 1.03. The van der Waals surface area contributed by atoms with Crippen LogP contribution >= 0.6 is 0 Å². The van der Waals surface area contributed by atoms with Gasteiger partial charge in [0.2, 0.25) is 5.91 Å². The van der Waals surface area contributed by atoms with Gasteiger partial charge in [-0.05, 0) is 49.4 Å². The normalized spacial score (nSPS) is 23.3. The summed E-state index contributed by atoms with van der Waals surface area (Å²) >= 11 is 0. The molecule has 6 heteroatoms. The largest absolute Gasteiger partial charge is 0.497 e. The monoisotopic (exact) mass is 331 g/mol. The highest BCUT2D eigenvalue weighted by Gasteiger charge is 2.33. The van der Waals surface area contributed by atoms with Crippen LogP contribution in [0.15, 0.2) is 24.3 Å². The lowest BCUT2D eigenvalue weighted by Crippen LogP contribution is -2.42. The minimum Gasteiger partial charge on any atom is -0.497 e. The maximum atomic E-state index is 12.4. The van der Waals surface area contributed by atoms with Crippen LogP contribution in [0, 0.1) is 5.92 Å². The lowest BCUT2D eigenvalue weighted by Gasteiger charge is -2.20. The van der Waals surface area contributed by atoms with E-state index >= 15 is 0 Å². The second kappa shape index (κ2) is 7.66. The summed E-state index contributed by atoms with van der Waals surface area (Å²) in [6.07, 6.45) is 3.01. The van der Waals surface area contributed by atoms with Crippen molar-refractivity contribution in [2.24, 2.45) is 5.92 Å². The molecule has 0 bridgehead atoms. The van der Waals surface area contributed by atoms with Gasteiger partial charge in [-0.15, -0.1) is 0 Å². The summed E-state index contributed by atoms with van der Waals surface area (Å²) in [5.74, 6) is 1.15. The van der Waals surface area contributed by atoms with E-state index < -0.39 is 0 Å². The van der Waals surface area contributed by atoms with Gasteiger partial charge < -0.3 is 20.3 Å². The molecule has 0 spiro atoms. The van der Waals surface area contributed by atoms with E-state index in [9.17, 15) is 9.59 Å². The van der Waals surface area contributed by atoms with Crippen LogP contribution in [-0.4, -0.2) is 56.0 Å². The summed E-state index contributed by atoms with van der Waals surface area (Å²) < 4.78 is 5.09. The van der Waals surface area contributed by atoms with E-state index in [0.717, 1.165) is 44.6 Å². The van der Waals surface area contributed by atoms with Crippen molar-refractivity contribution < 1.29 is 14.3 Å². The Kier molecular flexibility index (Phi) is 5.35. The van der Waals surface area contributed by atoms with Gasteiger partial charge in [-0.2, -0.15) is 0 Å². The van der Waals surface area contributed by atoms with E-state index in [4.69, 9.17) is 4.74 Å². The number of ether oxygens (including phenoxy) is 1. The maximum Gasteiger partial charge on any atom is 0.251 e. The van der Waals surface area contributed by atoms with Crippen LogP contribution in [0.25, 0.3) is 0 Å². The SMILES string of the molecule is COc1ccc(C(=O)NCC2CN[C@H](C(=O)N3CCCC3)C2)cc1. The van der Waals surface area contributed by atoms with Crippen molar-refractivity contribution in [3.05, 3.63) is 29.8 Å². The lowest BCUT2D eigenvalue weighted by atomic mass is 10.0. The number of rotatable bonds is 5. The van der Waals surface area contributed by atoms with Crippen LogP contribution in [0.2, 0.25) is 0 Å². The van der Waals surface area contributed by atoms with Gasteiger partial charge in [-0.3, -0.25) is 9.59 Å². The third-order valence-corrected chi connectivity index (χ3v) is 4.84. The second-order valence-electron chi connectivity index (χ2n) is 6.53. The first kappa shape index (κ1) is 16.8. The number of amides is 2. The number of nitrogens with one attached hydrogen (secondary N) is 2. The van der Waals surface area contributed by atoms with Crippen molar-refractivity contribution in [3.63, 3.8) is 0 Å². The first-order valence-electron chi connectivity index (χ1n) is 8.62. The molecule has 24 heavy (non-hydrogen) atoms. The van der Waals surface area contributed by atoms with E-state index in [-0.39, 0.29) is 17.9 Å². The number of hydrogen-bond donors (Lipinski definition) is 2. The summed E-state index contributed by atoms with van der Waals surface area (Å²) in [5.41, 5.74) is 0.617. The molecule has 2 amide bonds. The molecule has 0 saturated carbocycles. The summed E-state index contributed by atoms with van der Waals surface area (Å²) in [6.45, 7) is 3.13. The Bertz CT molecular complexity index is 582. The van der Waals surface area contributed by atoms with Crippen molar-refractivity contribution in [1.29, 1.82) is 0 Å². The topological polar surface area (TPSA) is 70.7 Å². The first-order chi connectivity index (χ1) is 11.7. The molecule has 130 valence electrons. The molecular weight excluding hydrogens is 306 g/mol. The van der Waals surface area contributed by atoms with Gasteiger partial charge in [-0.25, -0.2) is 0 Å². The van der Waals surface area contributed by atoms with E-state index in [0.29, 0.717) is 18.0 Å². The van der Waals surface area contributed by atoms with Gasteiger partial charge in [-0.1, -0.05) is 0 Å². The first-order valence-corrected chi connectivity index (χ1v) is 8.62. The summed E-state index contributed by atoms with van der Waals surface area (Å²) in [6, 6.07) is 6.96. The second-order valence-corrected chi connectivity index (χ2v) is 6.53. The third kappa shape index (κ3) is 3.87. The predicted molar refractivity (Wildman–Crippen MR) is 91.0 cm³/mol. The minimum atomic E-state index is -0.0917. The Labute approximate surface area is 142 Å². The summed E-state index contributed by atoms with van der Waals surface area (Å²) in [5, 5.41) is 6.27. The molecule has 2 atom stereocenters. The Balaban J connectivity index is 1.45. The fraction of sp³-hybridized carbons (Fsp3) is 0.556. The average Bonchev–Trinajstić information content (AvgIpc) is 3.31. The van der Waals surface area contributed by atoms with E-state index in [2.05, 4.69) is 10.6 Å². The van der Waals surface area contributed by atoms with Crippen molar-refractivity contribution in [2.45, 2.75) is 25.3 Å². The third-order valence-electron chi connectivity index (χ3n) is 4.84. The Hall–Kier alpha value is -2.08. The molecule has 3 rings (SSSR count). The average molecular weight is 331 g/mol. The zero-order valence-corrected chi connectivity index (χ0v) is 14.1. The fourth-order valence-corrected chi connectivity index (χ4v) is 3.39. The molecule has 2 fully saturated rings. The van der Waals surface area contributed by atoms with Crippen molar-refractivity contribution in [3.8, 4) is 5.75 Å². The molecule has 6 nitrogen and oxygen atoms in total. The van der Waals surface area contributed by atoms with Crippen LogP contribution in [0.3, 0.4) is 0 Å². The highest BCUT2D eigenvalue weighted by atomic mass is 16.5. The molecule has 1 aromatic carbocycles. The molecule has 0 aliphatic carbocycles. The molecule has 1 unspecified atom stereocenters. The van der Waals surface area contributed by atoms with Crippen molar-refractivity contribution in [2.75, 3.05) is 33.3 Å². The number of benzene rings is 1. The Morgan fingerprint density at radius 1 is 1.25 bits per heavy atom. The summed E-state index contributed by atoms with van der Waals surface area (Å²) in [4.78, 5) is 26.5. The molecule has 2 saturated heterocycles. The Morgan fingerprint density at radius 3 is 2.62 bits per heavy atom. The molecule has 0 aromatic heterocycles. The number of carbonyl (C=O) groups is 2. The highest BCUT2D eigenvalue weighted by Crippen LogP contribution is 2.18. The van der Waals surface area contributed by atoms with Gasteiger partial charge in [0.15, 0.2) is 0 Å². The lowest BCUT2D eigenvalue weighted by molar-refractivity contribution is -0.132. The smallest absolute Gasteiger partial charge is 0.251 e. The molecule has 0 radical (unpaired) electrons. The quantitative estimate of drug-likeness (QED) is 0.845. The fourth-order valence-electron chi connectivity index (χ4n) is 3.39. The van der Waals surface area contributed by atoms with Gasteiger partial charge in [0, 0.05) is 31.7 Å². The molecular formula is C18H25N3O3. The number of carbonyl (C=O) groups excluding carboxylic acids is 2. The maximum absolute atomic E-state index is 12.4. The van der Waals surface area contributed by atoms with Gasteiger partial charge >= 0.3 is 0 Å². The molecule has 1 aromatic rings. The van der Waals surface area contributed by atoms with Gasteiger partial charge in [0.25, 0.3) is 5.91 Å². The Morgan fingerprint density at radius 2 is 1.96 bits per heavy atom. The van der Waals surface area contributed by atoms with Crippen LogP contribution in [0.4, 0.5) is 0 Å². The van der Waals surface area contributed by atoms with Crippen molar-refractivity contribution in [1.82, 2.24) is 15.5 Å². The van der Waals surface area contributed by atoms with E-state index in [1.54, 1.807) is 31.4 Å². The zero-order valence-electron chi connectivity index (χ0n) is 14.1. The van der Waals surface area contributed by atoms with Gasteiger partial charge in [0.05, 0.1) is 13.2 Å². The number of hydrogen-bond acceptors (Lipinski definition) is 4. The van der Waals surface area contributed by atoms with Gasteiger partial charge in [0.1, 0.15) is 5.75 Å². The molecule has 2 aliphatic rings.